The van der Waals surface area contributed by atoms with Gasteiger partial charge in [-0.25, -0.2) is 4.98 Å². The Morgan fingerprint density at radius 2 is 1.97 bits per heavy atom. The summed E-state index contributed by atoms with van der Waals surface area (Å²) in [5, 5.41) is 20.5. The average Bonchev–Trinajstić information content (AvgIpc) is 3.30. The number of hydrogen-bond acceptors (Lipinski definition) is 7. The molecule has 2 aromatic rings. The van der Waals surface area contributed by atoms with E-state index in [1.807, 2.05) is 12.4 Å². The van der Waals surface area contributed by atoms with E-state index in [-0.39, 0.29) is 6.10 Å². The van der Waals surface area contributed by atoms with Crippen molar-refractivity contribution in [1.82, 2.24) is 20.3 Å². The van der Waals surface area contributed by atoms with Gasteiger partial charge in [0.25, 0.3) is 0 Å². The zero-order chi connectivity index (χ0) is 22.3. The minimum Gasteiger partial charge on any atom is -0.393 e. The molecular formula is C25H38N6O. The molecule has 32 heavy (non-hydrogen) atoms. The fraction of sp³-hybridized carbons (Fsp3) is 0.640. The zero-order valence-corrected chi connectivity index (χ0v) is 19.5. The number of pyridine rings is 1. The van der Waals surface area contributed by atoms with Gasteiger partial charge in [0.15, 0.2) is 0 Å². The van der Waals surface area contributed by atoms with E-state index in [1.54, 1.807) is 0 Å². The maximum atomic E-state index is 9.87. The first kappa shape index (κ1) is 22.9. The Labute approximate surface area is 191 Å². The number of aromatic nitrogens is 3. The van der Waals surface area contributed by atoms with Crippen LogP contribution in [0.5, 0.6) is 0 Å². The Balaban J connectivity index is 1.53. The van der Waals surface area contributed by atoms with Crippen LogP contribution in [0, 0.1) is 0 Å². The summed E-state index contributed by atoms with van der Waals surface area (Å²) >= 11 is 0. The largest absolute Gasteiger partial charge is 0.393 e. The number of aliphatic hydroxyl groups is 1. The van der Waals surface area contributed by atoms with E-state index in [0.717, 1.165) is 68.6 Å². The Morgan fingerprint density at radius 1 is 1.12 bits per heavy atom. The van der Waals surface area contributed by atoms with Crippen molar-refractivity contribution in [2.45, 2.75) is 95.9 Å². The van der Waals surface area contributed by atoms with Crippen LogP contribution in [0.4, 0.5) is 11.8 Å². The highest BCUT2D eigenvalue weighted by Crippen LogP contribution is 2.29. The number of aliphatic hydroxyl groups excluding tert-OH is 1. The summed E-state index contributed by atoms with van der Waals surface area (Å²) in [6, 6.07) is 5.47. The van der Waals surface area contributed by atoms with Gasteiger partial charge in [-0.3, -0.25) is 4.98 Å². The molecule has 2 aromatic heterocycles. The number of nitrogens with zero attached hydrogens (tertiary/aromatic N) is 3. The average molecular weight is 439 g/mol. The van der Waals surface area contributed by atoms with Crippen molar-refractivity contribution in [2.75, 3.05) is 17.2 Å². The minimum atomic E-state index is -0.173. The van der Waals surface area contributed by atoms with Crippen LogP contribution in [0.2, 0.25) is 0 Å². The number of rotatable bonds is 9. The van der Waals surface area contributed by atoms with Gasteiger partial charge in [-0.1, -0.05) is 19.4 Å². The fourth-order valence-corrected chi connectivity index (χ4v) is 4.81. The third-order valence-electron chi connectivity index (χ3n) is 6.67. The molecule has 3 heterocycles. The first-order chi connectivity index (χ1) is 15.6. The standard InChI is InChI=1S/C25H38N6O/c1-3-5-17(2)29-25-28-16-22(24(31-25)30-19-8-10-21(32)11-9-19)23-12-7-18(15-27-23)14-20-6-4-13-26-20/h7,12,15-17,19-21,26,32H,3-6,8-11,13-14H2,1-2H3,(H2,28,29,30,31)/t17-,19-,20?,21-/m0/s1. The van der Waals surface area contributed by atoms with E-state index in [1.165, 1.54) is 18.4 Å². The number of anilines is 2. The fourth-order valence-electron chi connectivity index (χ4n) is 4.81. The van der Waals surface area contributed by atoms with Gasteiger partial charge in [0, 0.05) is 30.5 Å². The predicted molar refractivity (Wildman–Crippen MR) is 130 cm³/mol. The van der Waals surface area contributed by atoms with Crippen LogP contribution < -0.4 is 16.0 Å². The van der Waals surface area contributed by atoms with Crippen molar-refractivity contribution in [3.8, 4) is 11.3 Å². The van der Waals surface area contributed by atoms with Crippen molar-refractivity contribution >= 4 is 11.8 Å². The Bertz CT molecular complexity index is 844. The normalized spacial score (nSPS) is 24.3. The Morgan fingerprint density at radius 3 is 2.66 bits per heavy atom. The number of nitrogens with one attached hydrogen (secondary N) is 3. The van der Waals surface area contributed by atoms with Crippen molar-refractivity contribution in [2.24, 2.45) is 0 Å². The molecule has 0 aromatic carbocycles. The van der Waals surface area contributed by atoms with Crippen molar-refractivity contribution in [3.05, 3.63) is 30.1 Å². The van der Waals surface area contributed by atoms with Crippen molar-refractivity contribution in [1.29, 1.82) is 0 Å². The van der Waals surface area contributed by atoms with Crippen LogP contribution in [0.25, 0.3) is 11.3 Å². The van der Waals surface area contributed by atoms with Crippen LogP contribution in [-0.4, -0.2) is 50.8 Å². The Hall–Kier alpha value is -2.25. The molecule has 4 rings (SSSR count). The molecule has 0 bridgehead atoms. The first-order valence-corrected chi connectivity index (χ1v) is 12.4. The van der Waals surface area contributed by atoms with E-state index in [9.17, 15) is 5.11 Å². The van der Waals surface area contributed by atoms with E-state index >= 15 is 0 Å². The van der Waals surface area contributed by atoms with Gasteiger partial charge in [-0.15, -0.1) is 0 Å². The monoisotopic (exact) mass is 438 g/mol. The molecule has 2 atom stereocenters. The highest BCUT2D eigenvalue weighted by atomic mass is 16.3. The molecule has 1 saturated heterocycles. The third-order valence-corrected chi connectivity index (χ3v) is 6.67. The van der Waals surface area contributed by atoms with Crippen LogP contribution in [0.1, 0.15) is 70.8 Å². The smallest absolute Gasteiger partial charge is 0.224 e. The molecule has 2 aliphatic rings. The maximum absolute atomic E-state index is 9.87. The molecule has 0 spiro atoms. The summed E-state index contributed by atoms with van der Waals surface area (Å²) in [6.45, 7) is 5.47. The lowest BCUT2D eigenvalue weighted by atomic mass is 9.93. The first-order valence-electron chi connectivity index (χ1n) is 12.4. The lowest BCUT2D eigenvalue weighted by molar-refractivity contribution is 0.126. The summed E-state index contributed by atoms with van der Waals surface area (Å²) < 4.78 is 0. The lowest BCUT2D eigenvalue weighted by Gasteiger charge is -2.27. The van der Waals surface area contributed by atoms with Gasteiger partial charge in [-0.2, -0.15) is 4.98 Å². The molecule has 0 radical (unpaired) electrons. The topological polar surface area (TPSA) is 95.0 Å². The lowest BCUT2D eigenvalue weighted by Crippen LogP contribution is -2.29. The number of hydrogen-bond donors (Lipinski definition) is 4. The molecular weight excluding hydrogens is 400 g/mol. The van der Waals surface area contributed by atoms with Gasteiger partial charge in [-0.05, 0) is 76.5 Å². The molecule has 7 nitrogen and oxygen atoms in total. The predicted octanol–water partition coefficient (Wildman–Crippen LogP) is 4.15. The van der Waals surface area contributed by atoms with Gasteiger partial charge < -0.3 is 21.1 Å². The van der Waals surface area contributed by atoms with Crippen LogP contribution in [0.3, 0.4) is 0 Å². The van der Waals surface area contributed by atoms with E-state index in [4.69, 9.17) is 9.97 Å². The SMILES string of the molecule is CCC[C@H](C)Nc1ncc(-c2ccc(CC3CCCN3)cn2)c(N[C@H]2CC[C@H](O)CC2)n1. The van der Waals surface area contributed by atoms with Crippen LogP contribution in [-0.2, 0) is 6.42 Å². The molecule has 1 saturated carbocycles. The van der Waals surface area contributed by atoms with E-state index in [0.29, 0.717) is 24.1 Å². The highest BCUT2D eigenvalue weighted by Gasteiger charge is 2.22. The van der Waals surface area contributed by atoms with Crippen LogP contribution >= 0.6 is 0 Å². The molecule has 2 fully saturated rings. The molecule has 4 N–H and O–H groups in total. The molecule has 1 aliphatic carbocycles. The summed E-state index contributed by atoms with van der Waals surface area (Å²) in [7, 11) is 0. The molecule has 7 heteroatoms. The summed E-state index contributed by atoms with van der Waals surface area (Å²) in [4.78, 5) is 14.2. The van der Waals surface area contributed by atoms with Crippen LogP contribution in [0.15, 0.2) is 24.5 Å². The second-order valence-corrected chi connectivity index (χ2v) is 9.49. The molecule has 174 valence electrons. The summed E-state index contributed by atoms with van der Waals surface area (Å²) in [5.74, 6) is 1.47. The molecule has 1 unspecified atom stereocenters. The minimum absolute atomic E-state index is 0.173. The molecule has 0 amide bonds. The third kappa shape index (κ3) is 6.17. The van der Waals surface area contributed by atoms with Crippen molar-refractivity contribution < 1.29 is 5.11 Å². The summed E-state index contributed by atoms with van der Waals surface area (Å²) in [5.41, 5.74) is 3.08. The second-order valence-electron chi connectivity index (χ2n) is 9.49. The van der Waals surface area contributed by atoms with E-state index < -0.39 is 0 Å². The highest BCUT2D eigenvalue weighted by molar-refractivity contribution is 5.73. The van der Waals surface area contributed by atoms with Gasteiger partial charge >= 0.3 is 0 Å². The Kier molecular flexibility index (Phi) is 7.92. The quantitative estimate of drug-likeness (QED) is 0.467. The van der Waals surface area contributed by atoms with Gasteiger partial charge in [0.2, 0.25) is 5.95 Å². The second kappa shape index (κ2) is 11.1. The molecule has 1 aliphatic heterocycles. The van der Waals surface area contributed by atoms with Gasteiger partial charge in [0.05, 0.1) is 17.4 Å². The zero-order valence-electron chi connectivity index (χ0n) is 19.5. The maximum Gasteiger partial charge on any atom is 0.224 e. The van der Waals surface area contributed by atoms with Crippen molar-refractivity contribution in [3.63, 3.8) is 0 Å². The van der Waals surface area contributed by atoms with E-state index in [2.05, 4.69) is 46.9 Å². The summed E-state index contributed by atoms with van der Waals surface area (Å²) in [6.07, 6.45) is 13.0. The van der Waals surface area contributed by atoms with Gasteiger partial charge in [0.1, 0.15) is 5.82 Å².